The highest BCUT2D eigenvalue weighted by Gasteiger charge is 2.34. The van der Waals surface area contributed by atoms with Crippen molar-refractivity contribution in [2.75, 3.05) is 23.8 Å². The van der Waals surface area contributed by atoms with Gasteiger partial charge in [-0.3, -0.25) is 9.78 Å². The van der Waals surface area contributed by atoms with Crippen molar-refractivity contribution in [3.05, 3.63) is 30.1 Å². The van der Waals surface area contributed by atoms with Crippen LogP contribution in [0.2, 0.25) is 0 Å². The number of hydrogen-bond donors (Lipinski definition) is 0. The van der Waals surface area contributed by atoms with Gasteiger partial charge >= 0.3 is 0 Å². The Balaban J connectivity index is 1.88. The molecule has 0 radical (unpaired) electrons. The summed E-state index contributed by atoms with van der Waals surface area (Å²) in [5, 5.41) is 0. The van der Waals surface area contributed by atoms with E-state index in [9.17, 15) is 13.2 Å². The smallest absolute Gasteiger partial charge is 0.232 e. The van der Waals surface area contributed by atoms with Crippen LogP contribution in [-0.4, -0.2) is 54.1 Å². The van der Waals surface area contributed by atoms with Crippen molar-refractivity contribution in [3.63, 3.8) is 0 Å². The average molecular weight is 357 g/mol. The van der Waals surface area contributed by atoms with E-state index in [-0.39, 0.29) is 23.5 Å². The third-order valence-electron chi connectivity index (χ3n) is 3.97. The zero-order chi connectivity index (χ0) is 16.7. The van der Waals surface area contributed by atoms with Crippen molar-refractivity contribution in [2.24, 2.45) is 0 Å². The van der Waals surface area contributed by atoms with Gasteiger partial charge < -0.3 is 4.90 Å². The molecule has 1 aromatic heterocycles. The summed E-state index contributed by atoms with van der Waals surface area (Å²) >= 11 is 1.57. The minimum atomic E-state index is -2.97. The van der Waals surface area contributed by atoms with E-state index < -0.39 is 9.84 Å². The zero-order valence-electron chi connectivity index (χ0n) is 13.5. The quantitative estimate of drug-likeness (QED) is 0.714. The molecule has 0 aromatic carbocycles. The first-order valence-corrected chi connectivity index (χ1v) is 11.0. The lowest BCUT2D eigenvalue weighted by Crippen LogP contribution is -2.42. The molecule has 7 heteroatoms. The predicted molar refractivity (Wildman–Crippen MR) is 94.1 cm³/mol. The van der Waals surface area contributed by atoms with E-state index in [1.54, 1.807) is 29.1 Å². The van der Waals surface area contributed by atoms with Gasteiger partial charge in [0.1, 0.15) is 0 Å². The largest absolute Gasteiger partial charge is 0.338 e. The van der Waals surface area contributed by atoms with Gasteiger partial charge in [0.15, 0.2) is 9.84 Å². The summed E-state index contributed by atoms with van der Waals surface area (Å²) in [5.41, 5.74) is 1.14. The van der Waals surface area contributed by atoms with Crippen LogP contribution in [0.5, 0.6) is 0 Å². The highest BCUT2D eigenvalue weighted by atomic mass is 32.2. The van der Waals surface area contributed by atoms with Crippen LogP contribution in [-0.2, 0) is 20.4 Å². The number of hydrogen-bond acceptors (Lipinski definition) is 5. The van der Waals surface area contributed by atoms with Gasteiger partial charge in [-0.05, 0) is 30.5 Å². The second-order valence-electron chi connectivity index (χ2n) is 5.85. The van der Waals surface area contributed by atoms with Gasteiger partial charge in [0.2, 0.25) is 5.91 Å². The second kappa shape index (κ2) is 8.68. The second-order valence-corrected chi connectivity index (χ2v) is 9.06. The topological polar surface area (TPSA) is 67.3 Å². The van der Waals surface area contributed by atoms with Gasteiger partial charge in [-0.2, -0.15) is 0 Å². The molecule has 2 heterocycles. The molecule has 2 rings (SSSR count). The number of carbonyl (C=O) groups excluding carboxylic acids is 1. The van der Waals surface area contributed by atoms with E-state index in [0.29, 0.717) is 18.7 Å². The number of unbranched alkanes of at least 4 members (excludes halogenated alkanes) is 1. The monoisotopic (exact) mass is 356 g/mol. The third-order valence-corrected chi connectivity index (χ3v) is 6.70. The standard InChI is InChI=1S/C16H24N2O3S2/c1-2-3-9-18(15-6-10-23(20,21)13-15)16(19)12-22-11-14-4-7-17-8-5-14/h4-5,7-8,15H,2-3,6,9-13H2,1H3. The normalized spacial score (nSPS) is 19.6. The highest BCUT2D eigenvalue weighted by molar-refractivity contribution is 7.99. The first-order valence-electron chi connectivity index (χ1n) is 7.98. The Morgan fingerprint density at radius 3 is 2.74 bits per heavy atom. The molecule has 0 N–H and O–H groups in total. The van der Waals surface area contributed by atoms with Gasteiger partial charge in [0.05, 0.1) is 17.3 Å². The molecule has 1 aliphatic heterocycles. The zero-order valence-corrected chi connectivity index (χ0v) is 15.1. The molecule has 0 aliphatic carbocycles. The SMILES string of the molecule is CCCCN(C(=O)CSCc1ccncc1)C1CCS(=O)(=O)C1. The van der Waals surface area contributed by atoms with Crippen molar-refractivity contribution < 1.29 is 13.2 Å². The van der Waals surface area contributed by atoms with Gasteiger partial charge in [-0.1, -0.05) is 13.3 Å². The van der Waals surface area contributed by atoms with Crippen LogP contribution in [0.15, 0.2) is 24.5 Å². The molecule has 0 bridgehead atoms. The first-order chi connectivity index (χ1) is 11.0. The van der Waals surface area contributed by atoms with Crippen molar-refractivity contribution >= 4 is 27.5 Å². The number of nitrogens with zero attached hydrogens (tertiary/aromatic N) is 2. The maximum absolute atomic E-state index is 12.5. The highest BCUT2D eigenvalue weighted by Crippen LogP contribution is 2.20. The first kappa shape index (κ1) is 18.3. The molecular formula is C16H24N2O3S2. The Kier molecular flexibility index (Phi) is 6.89. The summed E-state index contributed by atoms with van der Waals surface area (Å²) in [7, 11) is -2.97. The Hall–Kier alpha value is -1.08. The summed E-state index contributed by atoms with van der Waals surface area (Å²) in [6.07, 6.45) is 5.97. The molecule has 1 unspecified atom stereocenters. The number of amides is 1. The number of sulfone groups is 1. The lowest BCUT2D eigenvalue weighted by Gasteiger charge is -2.28. The summed E-state index contributed by atoms with van der Waals surface area (Å²) in [6, 6.07) is 3.74. The maximum Gasteiger partial charge on any atom is 0.232 e. The Labute approximate surface area is 142 Å². The van der Waals surface area contributed by atoms with E-state index in [1.807, 2.05) is 12.1 Å². The molecular weight excluding hydrogens is 332 g/mol. The lowest BCUT2D eigenvalue weighted by atomic mass is 10.2. The lowest BCUT2D eigenvalue weighted by molar-refractivity contribution is -0.130. The molecule has 1 fully saturated rings. The maximum atomic E-state index is 12.5. The van der Waals surface area contributed by atoms with Crippen molar-refractivity contribution in [3.8, 4) is 0 Å². The van der Waals surface area contributed by atoms with Crippen LogP contribution in [0.3, 0.4) is 0 Å². The van der Waals surface area contributed by atoms with E-state index in [1.165, 1.54) is 0 Å². The minimum Gasteiger partial charge on any atom is -0.338 e. The number of thioether (sulfide) groups is 1. The van der Waals surface area contributed by atoms with Crippen LogP contribution in [0.1, 0.15) is 31.7 Å². The molecule has 1 amide bonds. The molecule has 5 nitrogen and oxygen atoms in total. The van der Waals surface area contributed by atoms with E-state index in [4.69, 9.17) is 0 Å². The van der Waals surface area contributed by atoms with Crippen LogP contribution in [0, 0.1) is 0 Å². The van der Waals surface area contributed by atoms with E-state index in [2.05, 4.69) is 11.9 Å². The van der Waals surface area contributed by atoms with Gasteiger partial charge in [0.25, 0.3) is 0 Å². The Morgan fingerprint density at radius 2 is 2.13 bits per heavy atom. The Morgan fingerprint density at radius 1 is 1.39 bits per heavy atom. The molecule has 23 heavy (non-hydrogen) atoms. The fourth-order valence-corrected chi connectivity index (χ4v) is 5.28. The molecule has 1 aliphatic rings. The molecule has 0 spiro atoms. The van der Waals surface area contributed by atoms with E-state index in [0.717, 1.165) is 24.2 Å². The fourth-order valence-electron chi connectivity index (χ4n) is 2.68. The molecule has 1 saturated heterocycles. The summed E-state index contributed by atoms with van der Waals surface area (Å²) < 4.78 is 23.4. The van der Waals surface area contributed by atoms with Gasteiger partial charge in [-0.15, -0.1) is 11.8 Å². The van der Waals surface area contributed by atoms with Gasteiger partial charge in [-0.25, -0.2) is 8.42 Å². The van der Waals surface area contributed by atoms with Gasteiger partial charge in [0, 0.05) is 30.7 Å². The molecule has 1 atom stereocenters. The molecule has 1 aromatic rings. The number of rotatable bonds is 8. The summed E-state index contributed by atoms with van der Waals surface area (Å²) in [4.78, 5) is 18.3. The summed E-state index contributed by atoms with van der Waals surface area (Å²) in [5.74, 6) is 1.54. The summed E-state index contributed by atoms with van der Waals surface area (Å²) in [6.45, 7) is 2.73. The third kappa shape index (κ3) is 5.80. The minimum absolute atomic E-state index is 0.0552. The number of pyridine rings is 1. The van der Waals surface area contributed by atoms with E-state index >= 15 is 0 Å². The van der Waals surface area contributed by atoms with Crippen molar-refractivity contribution in [1.82, 2.24) is 9.88 Å². The molecule has 128 valence electrons. The average Bonchev–Trinajstić information content (AvgIpc) is 2.88. The van der Waals surface area contributed by atoms with Crippen LogP contribution in [0.4, 0.5) is 0 Å². The van der Waals surface area contributed by atoms with Crippen LogP contribution in [0.25, 0.3) is 0 Å². The fraction of sp³-hybridized carbons (Fsp3) is 0.625. The van der Waals surface area contributed by atoms with Crippen LogP contribution < -0.4 is 0 Å². The molecule has 0 saturated carbocycles. The van der Waals surface area contributed by atoms with Crippen LogP contribution >= 0.6 is 11.8 Å². The van der Waals surface area contributed by atoms with Crippen molar-refractivity contribution in [2.45, 2.75) is 38.0 Å². The number of carbonyl (C=O) groups is 1. The van der Waals surface area contributed by atoms with Crippen molar-refractivity contribution in [1.29, 1.82) is 0 Å². The Bertz CT molecular complexity index is 605. The number of aromatic nitrogens is 1. The predicted octanol–water partition coefficient (Wildman–Crippen LogP) is 2.13.